The minimum absolute atomic E-state index is 0.145. The minimum atomic E-state index is -0.372. The Morgan fingerprint density at radius 1 is 1.18 bits per heavy atom. The lowest BCUT2D eigenvalue weighted by atomic mass is 10.2. The van der Waals surface area contributed by atoms with Gasteiger partial charge in [0.1, 0.15) is 10.2 Å². The van der Waals surface area contributed by atoms with Gasteiger partial charge in [0.15, 0.2) is 0 Å². The van der Waals surface area contributed by atoms with Gasteiger partial charge < -0.3 is 15.1 Å². The summed E-state index contributed by atoms with van der Waals surface area (Å²) in [7, 11) is 0. The van der Waals surface area contributed by atoms with E-state index in [9.17, 15) is 14.0 Å². The molecule has 150 valence electrons. The van der Waals surface area contributed by atoms with Gasteiger partial charge in [-0.05, 0) is 59.6 Å². The zero-order chi connectivity index (χ0) is 20.3. The Morgan fingerprint density at radius 3 is 2.46 bits per heavy atom. The van der Waals surface area contributed by atoms with Gasteiger partial charge in [0.2, 0.25) is 0 Å². The van der Waals surface area contributed by atoms with Crippen molar-refractivity contribution in [2.75, 3.05) is 26.2 Å². The van der Waals surface area contributed by atoms with Gasteiger partial charge >= 0.3 is 6.03 Å². The zero-order valence-electron chi connectivity index (χ0n) is 15.3. The lowest BCUT2D eigenvalue weighted by Gasteiger charge is -2.24. The number of nitrogens with zero attached hydrogens (tertiary/aromatic N) is 2. The number of carbonyl (C=O) groups excluding carboxylic acids is 2. The summed E-state index contributed by atoms with van der Waals surface area (Å²) in [5.41, 5.74) is 0.452. The summed E-state index contributed by atoms with van der Waals surface area (Å²) in [6.07, 6.45) is 0.686. The first-order chi connectivity index (χ1) is 13.3. The summed E-state index contributed by atoms with van der Waals surface area (Å²) >= 11 is 10.9. The molecule has 1 fully saturated rings. The molecule has 1 aliphatic heterocycles. The van der Waals surface area contributed by atoms with Gasteiger partial charge in [-0.1, -0.05) is 11.6 Å². The van der Waals surface area contributed by atoms with Gasteiger partial charge in [-0.3, -0.25) is 4.79 Å². The SMILES string of the molecule is CC(NC(=O)N1CCCN(C(=O)c2ccc(F)cc2)CC1)c1cc(Br)c(Cl)s1. The number of halogens is 3. The predicted molar refractivity (Wildman–Crippen MR) is 112 cm³/mol. The Kier molecular flexibility index (Phi) is 6.95. The molecule has 2 aromatic rings. The van der Waals surface area contributed by atoms with Crippen LogP contribution in [-0.2, 0) is 0 Å². The third-order valence-corrected chi connectivity index (χ3v) is 7.25. The first-order valence-corrected chi connectivity index (χ1v) is 10.9. The van der Waals surface area contributed by atoms with E-state index in [1.165, 1.54) is 35.6 Å². The van der Waals surface area contributed by atoms with Gasteiger partial charge in [-0.2, -0.15) is 0 Å². The molecule has 1 aromatic carbocycles. The summed E-state index contributed by atoms with van der Waals surface area (Å²) in [5, 5.41) is 2.99. The molecule has 1 aromatic heterocycles. The molecule has 3 rings (SSSR count). The highest BCUT2D eigenvalue weighted by molar-refractivity contribution is 9.10. The van der Waals surface area contributed by atoms with E-state index in [2.05, 4.69) is 21.2 Å². The highest BCUT2D eigenvalue weighted by Crippen LogP contribution is 2.35. The maximum atomic E-state index is 13.1. The molecule has 2 heterocycles. The van der Waals surface area contributed by atoms with Crippen LogP contribution in [0.1, 0.15) is 34.6 Å². The summed E-state index contributed by atoms with van der Waals surface area (Å²) < 4.78 is 14.5. The van der Waals surface area contributed by atoms with Crippen LogP contribution in [0.25, 0.3) is 0 Å². The molecular formula is C19H20BrClFN3O2S. The van der Waals surface area contributed by atoms with Crippen LogP contribution in [0, 0.1) is 5.82 Å². The number of hydrogen-bond donors (Lipinski definition) is 1. The third-order valence-electron chi connectivity index (χ3n) is 4.59. The molecule has 0 aliphatic carbocycles. The summed E-state index contributed by atoms with van der Waals surface area (Å²) in [5.74, 6) is -0.517. The smallest absolute Gasteiger partial charge is 0.317 e. The van der Waals surface area contributed by atoms with Crippen molar-refractivity contribution in [3.05, 3.63) is 55.4 Å². The molecule has 0 spiro atoms. The van der Waals surface area contributed by atoms with E-state index in [1.807, 2.05) is 13.0 Å². The molecular weight excluding hydrogens is 469 g/mol. The molecule has 0 bridgehead atoms. The molecule has 0 saturated carbocycles. The van der Waals surface area contributed by atoms with Crippen molar-refractivity contribution in [3.63, 3.8) is 0 Å². The Balaban J connectivity index is 1.57. The van der Waals surface area contributed by atoms with E-state index in [0.717, 1.165) is 9.35 Å². The highest BCUT2D eigenvalue weighted by Gasteiger charge is 2.24. The lowest BCUT2D eigenvalue weighted by Crippen LogP contribution is -2.43. The summed E-state index contributed by atoms with van der Waals surface area (Å²) in [6.45, 7) is 3.92. The number of benzene rings is 1. The van der Waals surface area contributed by atoms with Crippen LogP contribution < -0.4 is 5.32 Å². The molecule has 1 atom stereocenters. The average Bonchev–Trinajstić information content (AvgIpc) is 2.87. The second-order valence-corrected chi connectivity index (χ2v) is 9.12. The average molecular weight is 489 g/mol. The third kappa shape index (κ3) is 5.04. The van der Waals surface area contributed by atoms with Gasteiger partial charge in [0, 0.05) is 41.1 Å². The molecule has 1 aliphatic rings. The predicted octanol–water partition coefficient (Wildman–Crippen LogP) is 4.92. The van der Waals surface area contributed by atoms with Crippen molar-refractivity contribution in [1.29, 1.82) is 0 Å². The quantitative estimate of drug-likeness (QED) is 0.667. The van der Waals surface area contributed by atoms with E-state index in [1.54, 1.807) is 9.80 Å². The molecule has 1 unspecified atom stereocenters. The fourth-order valence-electron chi connectivity index (χ4n) is 3.02. The van der Waals surface area contributed by atoms with Crippen LogP contribution in [0.2, 0.25) is 4.34 Å². The number of rotatable bonds is 3. The number of amides is 3. The van der Waals surface area contributed by atoms with Crippen molar-refractivity contribution < 1.29 is 14.0 Å². The van der Waals surface area contributed by atoms with Crippen LogP contribution in [0.5, 0.6) is 0 Å². The Labute approximate surface area is 180 Å². The molecule has 1 saturated heterocycles. The van der Waals surface area contributed by atoms with E-state index < -0.39 is 0 Å². The van der Waals surface area contributed by atoms with Gasteiger partial charge in [0.05, 0.1) is 6.04 Å². The lowest BCUT2D eigenvalue weighted by molar-refractivity contribution is 0.0762. The minimum Gasteiger partial charge on any atom is -0.337 e. The second-order valence-electron chi connectivity index (χ2n) is 6.58. The maximum Gasteiger partial charge on any atom is 0.317 e. The van der Waals surface area contributed by atoms with Crippen LogP contribution >= 0.6 is 38.9 Å². The van der Waals surface area contributed by atoms with Crippen LogP contribution in [0.3, 0.4) is 0 Å². The Bertz CT molecular complexity index is 842. The maximum absolute atomic E-state index is 13.1. The largest absolute Gasteiger partial charge is 0.337 e. The van der Waals surface area contributed by atoms with Gasteiger partial charge in [-0.25, -0.2) is 9.18 Å². The fraction of sp³-hybridized carbons (Fsp3) is 0.368. The number of nitrogens with one attached hydrogen (secondary N) is 1. The monoisotopic (exact) mass is 487 g/mol. The number of hydrogen-bond acceptors (Lipinski definition) is 3. The van der Waals surface area contributed by atoms with Crippen molar-refractivity contribution in [2.24, 2.45) is 0 Å². The van der Waals surface area contributed by atoms with Crippen molar-refractivity contribution >= 4 is 50.8 Å². The zero-order valence-corrected chi connectivity index (χ0v) is 18.4. The fourth-order valence-corrected chi connectivity index (χ4v) is 4.76. The molecule has 9 heteroatoms. The normalized spacial score (nSPS) is 15.9. The van der Waals surface area contributed by atoms with Gasteiger partial charge in [-0.15, -0.1) is 11.3 Å². The van der Waals surface area contributed by atoms with Crippen molar-refractivity contribution in [3.8, 4) is 0 Å². The van der Waals surface area contributed by atoms with E-state index in [-0.39, 0.29) is 23.8 Å². The summed E-state index contributed by atoms with van der Waals surface area (Å²) in [4.78, 5) is 29.6. The van der Waals surface area contributed by atoms with Crippen LogP contribution in [-0.4, -0.2) is 47.9 Å². The topological polar surface area (TPSA) is 52.7 Å². The second kappa shape index (κ2) is 9.24. The van der Waals surface area contributed by atoms with E-state index in [4.69, 9.17) is 11.6 Å². The highest BCUT2D eigenvalue weighted by atomic mass is 79.9. The van der Waals surface area contributed by atoms with E-state index in [0.29, 0.717) is 42.5 Å². The van der Waals surface area contributed by atoms with Gasteiger partial charge in [0.25, 0.3) is 5.91 Å². The summed E-state index contributed by atoms with van der Waals surface area (Å²) in [6, 6.07) is 7.11. The molecule has 0 radical (unpaired) electrons. The first-order valence-electron chi connectivity index (χ1n) is 8.90. The van der Waals surface area contributed by atoms with Crippen LogP contribution in [0.4, 0.5) is 9.18 Å². The molecule has 3 amide bonds. The van der Waals surface area contributed by atoms with Crippen LogP contribution in [0.15, 0.2) is 34.8 Å². The first kappa shape index (κ1) is 21.1. The molecule has 5 nitrogen and oxygen atoms in total. The number of carbonyl (C=O) groups is 2. The van der Waals surface area contributed by atoms with E-state index >= 15 is 0 Å². The molecule has 1 N–H and O–H groups in total. The van der Waals surface area contributed by atoms with Crippen molar-refractivity contribution in [1.82, 2.24) is 15.1 Å². The molecule has 28 heavy (non-hydrogen) atoms. The Morgan fingerprint density at radius 2 is 1.82 bits per heavy atom. The van der Waals surface area contributed by atoms with Crippen molar-refractivity contribution in [2.45, 2.75) is 19.4 Å². The standard InChI is InChI=1S/C19H20BrClFN3O2S/c1-12(16-11-15(20)17(21)28-16)23-19(27)25-8-2-7-24(9-10-25)18(26)13-3-5-14(22)6-4-13/h3-6,11-12H,2,7-10H2,1H3,(H,23,27). The number of thiophene rings is 1. The Hall–Kier alpha value is -1.64. The number of urea groups is 1.